The van der Waals surface area contributed by atoms with Crippen molar-refractivity contribution in [3.63, 3.8) is 0 Å². The van der Waals surface area contributed by atoms with E-state index in [1.165, 1.54) is 22.3 Å². The van der Waals surface area contributed by atoms with Crippen LogP contribution in [0.2, 0.25) is 0 Å². The van der Waals surface area contributed by atoms with Crippen LogP contribution in [0.25, 0.3) is 0 Å². The van der Waals surface area contributed by atoms with E-state index in [9.17, 15) is 0 Å². The van der Waals surface area contributed by atoms with E-state index in [1.807, 2.05) is 0 Å². The maximum absolute atomic E-state index is 6.84. The molecule has 0 heterocycles. The fraction of sp³-hybridized carbons (Fsp3) is 0.333. The largest absolute Gasteiger partial charge is 0.383 e. The van der Waals surface area contributed by atoms with Crippen LogP contribution in [0.4, 0.5) is 0 Å². The number of halogens is 2. The van der Waals surface area contributed by atoms with Crippen molar-refractivity contribution >= 4 is 23.2 Å². The maximum Gasteiger partial charge on any atom is 0.0668 e. The molecular weight excluding hydrogens is 303 g/mol. The highest BCUT2D eigenvalue weighted by atomic mass is 35.5. The van der Waals surface area contributed by atoms with Gasteiger partial charge in [-0.25, -0.2) is 0 Å². The van der Waals surface area contributed by atoms with Crippen molar-refractivity contribution in [2.45, 2.75) is 22.1 Å². The second-order valence-electron chi connectivity index (χ2n) is 5.90. The number of hydrogen-bond donors (Lipinski definition) is 0. The van der Waals surface area contributed by atoms with Crippen molar-refractivity contribution in [1.29, 1.82) is 0 Å². The summed E-state index contributed by atoms with van der Waals surface area (Å²) in [7, 11) is 1.73. The Morgan fingerprint density at radius 1 is 0.952 bits per heavy atom. The predicted molar refractivity (Wildman–Crippen MR) is 86.7 cm³/mol. The van der Waals surface area contributed by atoms with Gasteiger partial charge in [0.25, 0.3) is 0 Å². The first-order valence-electron chi connectivity index (χ1n) is 7.17. The van der Waals surface area contributed by atoms with Crippen LogP contribution >= 0.6 is 23.2 Å². The summed E-state index contributed by atoms with van der Waals surface area (Å²) >= 11 is 13.6. The van der Waals surface area contributed by atoms with Crippen molar-refractivity contribution < 1.29 is 4.74 Å². The standard InChI is InChI=1S/C18H16Cl2O/c1-21-10-18-13-8-4-2-6-11(13)15(16(19)17(18)20)12-7-3-5-9-14(12)18/h2-9,15-17H,10H2,1H3/t15?,16-,17+,18?/m0/s1. The third kappa shape index (κ3) is 1.57. The van der Waals surface area contributed by atoms with E-state index in [0.29, 0.717) is 6.61 Å². The van der Waals surface area contributed by atoms with Gasteiger partial charge in [-0.05, 0) is 22.3 Å². The Bertz CT molecular complexity index is 650. The summed E-state index contributed by atoms with van der Waals surface area (Å²) in [5.74, 6) is 0.167. The molecule has 0 amide bonds. The molecule has 0 saturated heterocycles. The zero-order valence-electron chi connectivity index (χ0n) is 11.7. The first kappa shape index (κ1) is 13.6. The van der Waals surface area contributed by atoms with Crippen LogP contribution in [0, 0.1) is 0 Å². The SMILES string of the molecule is COCC12c3ccccc3C(c3ccccc31)[C@H](Cl)[C@H]2Cl. The van der Waals surface area contributed by atoms with Crippen molar-refractivity contribution in [2.75, 3.05) is 13.7 Å². The molecule has 0 aromatic heterocycles. The van der Waals surface area contributed by atoms with Gasteiger partial charge in [0.15, 0.2) is 0 Å². The number of rotatable bonds is 2. The van der Waals surface area contributed by atoms with Crippen LogP contribution < -0.4 is 0 Å². The maximum atomic E-state index is 6.84. The third-order valence-corrected chi connectivity index (χ3v) is 6.27. The zero-order chi connectivity index (χ0) is 14.6. The molecular formula is C18H16Cl2O. The van der Waals surface area contributed by atoms with E-state index in [4.69, 9.17) is 27.9 Å². The minimum absolute atomic E-state index is 0.119. The van der Waals surface area contributed by atoms with Crippen LogP contribution in [-0.4, -0.2) is 24.5 Å². The van der Waals surface area contributed by atoms with Crippen molar-refractivity contribution in [3.8, 4) is 0 Å². The van der Waals surface area contributed by atoms with Crippen LogP contribution in [-0.2, 0) is 10.2 Å². The molecule has 0 saturated carbocycles. The summed E-state index contributed by atoms with van der Waals surface area (Å²) in [5, 5.41) is -0.291. The highest BCUT2D eigenvalue weighted by molar-refractivity contribution is 6.32. The van der Waals surface area contributed by atoms with Crippen LogP contribution in [0.5, 0.6) is 0 Å². The Hall–Kier alpha value is -1.02. The lowest BCUT2D eigenvalue weighted by Crippen LogP contribution is -2.56. The summed E-state index contributed by atoms with van der Waals surface area (Å²) in [6.45, 7) is 0.547. The zero-order valence-corrected chi connectivity index (χ0v) is 13.2. The van der Waals surface area contributed by atoms with Crippen LogP contribution in [0.1, 0.15) is 28.2 Å². The highest BCUT2D eigenvalue weighted by Gasteiger charge is 2.58. The number of ether oxygens (including phenoxy) is 1. The number of benzene rings is 2. The molecule has 2 aromatic carbocycles. The second-order valence-corrected chi connectivity index (χ2v) is 6.88. The normalized spacial score (nSPS) is 32.6. The lowest BCUT2D eigenvalue weighted by Gasteiger charge is -2.54. The summed E-state index contributed by atoms with van der Waals surface area (Å²) in [4.78, 5) is 0. The van der Waals surface area contributed by atoms with Crippen LogP contribution in [0.3, 0.4) is 0 Å². The Morgan fingerprint density at radius 2 is 1.48 bits per heavy atom. The number of methoxy groups -OCH3 is 1. The minimum Gasteiger partial charge on any atom is -0.383 e. The van der Waals surface area contributed by atoms with Gasteiger partial charge in [-0.1, -0.05) is 48.5 Å². The van der Waals surface area contributed by atoms with Gasteiger partial charge >= 0.3 is 0 Å². The molecule has 108 valence electrons. The highest BCUT2D eigenvalue weighted by Crippen LogP contribution is 2.59. The third-order valence-electron chi connectivity index (χ3n) is 4.99. The number of hydrogen-bond acceptors (Lipinski definition) is 1. The molecule has 2 bridgehead atoms. The molecule has 21 heavy (non-hydrogen) atoms. The average Bonchev–Trinajstić information content (AvgIpc) is 2.52. The van der Waals surface area contributed by atoms with E-state index in [1.54, 1.807) is 7.11 Å². The molecule has 0 N–H and O–H groups in total. The van der Waals surface area contributed by atoms with Crippen molar-refractivity contribution in [3.05, 3.63) is 70.8 Å². The van der Waals surface area contributed by atoms with E-state index >= 15 is 0 Å². The lowest BCUT2D eigenvalue weighted by atomic mass is 9.55. The molecule has 0 radical (unpaired) electrons. The quantitative estimate of drug-likeness (QED) is 0.750. The average molecular weight is 319 g/mol. The van der Waals surface area contributed by atoms with E-state index in [0.717, 1.165) is 0 Å². The molecule has 0 fully saturated rings. The minimum atomic E-state index is -0.356. The summed E-state index contributed by atoms with van der Waals surface area (Å²) in [6.07, 6.45) is 0. The first-order valence-corrected chi connectivity index (χ1v) is 8.05. The molecule has 0 aliphatic heterocycles. The van der Waals surface area contributed by atoms with Gasteiger partial charge in [-0.15, -0.1) is 23.2 Å². The van der Waals surface area contributed by atoms with Crippen molar-refractivity contribution in [1.82, 2.24) is 0 Å². The molecule has 2 aromatic rings. The monoisotopic (exact) mass is 318 g/mol. The summed E-state index contributed by atoms with van der Waals surface area (Å²) < 4.78 is 5.59. The molecule has 0 spiro atoms. The first-order chi connectivity index (χ1) is 10.2. The van der Waals surface area contributed by atoms with Gasteiger partial charge in [0.05, 0.1) is 22.8 Å². The van der Waals surface area contributed by atoms with Gasteiger partial charge in [0.1, 0.15) is 0 Å². The van der Waals surface area contributed by atoms with Gasteiger partial charge < -0.3 is 4.74 Å². The molecule has 2 atom stereocenters. The van der Waals surface area contributed by atoms with E-state index < -0.39 is 0 Å². The van der Waals surface area contributed by atoms with Gasteiger partial charge in [0.2, 0.25) is 0 Å². The molecule has 1 nitrogen and oxygen atoms in total. The van der Waals surface area contributed by atoms with Crippen LogP contribution in [0.15, 0.2) is 48.5 Å². The predicted octanol–water partition coefficient (Wildman–Crippen LogP) is 4.29. The van der Waals surface area contributed by atoms with E-state index in [-0.39, 0.29) is 22.1 Å². The van der Waals surface area contributed by atoms with Gasteiger partial charge in [-0.2, -0.15) is 0 Å². The summed E-state index contributed by atoms with van der Waals surface area (Å²) in [6, 6.07) is 17.0. The molecule has 5 rings (SSSR count). The summed E-state index contributed by atoms with van der Waals surface area (Å²) in [5.41, 5.74) is 4.78. The fourth-order valence-electron chi connectivity index (χ4n) is 4.21. The molecule has 0 unspecified atom stereocenters. The molecule has 3 heteroatoms. The topological polar surface area (TPSA) is 9.23 Å². The van der Waals surface area contributed by atoms with Crippen molar-refractivity contribution in [2.24, 2.45) is 0 Å². The number of fused-ring (bicyclic) bond motifs is 1. The smallest absolute Gasteiger partial charge is 0.0668 e. The fourth-order valence-corrected chi connectivity index (χ4v) is 5.14. The Labute approximate surface area is 134 Å². The second kappa shape index (κ2) is 4.74. The van der Waals surface area contributed by atoms with Gasteiger partial charge in [-0.3, -0.25) is 0 Å². The Balaban J connectivity index is 2.10. The lowest BCUT2D eigenvalue weighted by molar-refractivity contribution is 0.133. The molecule has 3 aliphatic rings. The van der Waals surface area contributed by atoms with Gasteiger partial charge in [0, 0.05) is 13.0 Å². The number of alkyl halides is 2. The molecule has 3 aliphatic carbocycles. The van der Waals surface area contributed by atoms with E-state index in [2.05, 4.69) is 48.5 Å². The Kier molecular flexibility index (Phi) is 3.08. The Morgan fingerprint density at radius 3 is 2.00 bits per heavy atom.